The molecule has 0 unspecified atom stereocenters. The van der Waals surface area contributed by atoms with Crippen molar-refractivity contribution in [1.82, 2.24) is 10.3 Å². The normalized spacial score (nSPS) is 10.4. The molecule has 1 amide bonds. The molecule has 0 aliphatic carbocycles. The van der Waals surface area contributed by atoms with Crippen LogP contribution in [0.25, 0.3) is 11.3 Å². The van der Waals surface area contributed by atoms with Crippen molar-refractivity contribution >= 4 is 17.5 Å². The highest BCUT2D eigenvalue weighted by Crippen LogP contribution is 2.23. The van der Waals surface area contributed by atoms with E-state index < -0.39 is 5.82 Å². The Kier molecular flexibility index (Phi) is 5.49. The van der Waals surface area contributed by atoms with Crippen molar-refractivity contribution in [2.75, 3.05) is 7.11 Å². The minimum Gasteiger partial charge on any atom is -0.481 e. The molecule has 2 aromatic carbocycles. The van der Waals surface area contributed by atoms with Gasteiger partial charge in [-0.1, -0.05) is 48.0 Å². The average Bonchev–Trinajstić information content (AvgIpc) is 2.67. The fraction of sp³-hybridized carbons (Fsp3) is 0.100. The molecule has 1 heterocycles. The lowest BCUT2D eigenvalue weighted by molar-refractivity contribution is 0.0951. The molecule has 6 heteroatoms. The standard InChI is InChI=1S/C20H16ClFN2O2/c1-26-18-11-10-17(22)19(24-18)14-8-6-13(7-9-14)12-23-20(25)15-4-2-3-5-16(15)21/h2-11H,12H2,1H3,(H,23,25). The lowest BCUT2D eigenvalue weighted by Gasteiger charge is -2.08. The minimum absolute atomic E-state index is 0.219. The van der Waals surface area contributed by atoms with Gasteiger partial charge >= 0.3 is 0 Å². The predicted molar refractivity (Wildman–Crippen MR) is 98.8 cm³/mol. The van der Waals surface area contributed by atoms with E-state index in [1.54, 1.807) is 36.4 Å². The maximum absolute atomic E-state index is 14.0. The molecule has 0 aliphatic heterocycles. The first-order valence-corrected chi connectivity index (χ1v) is 8.29. The predicted octanol–water partition coefficient (Wildman–Crippen LogP) is 4.48. The summed E-state index contributed by atoms with van der Waals surface area (Å²) in [5.41, 5.74) is 2.14. The van der Waals surface area contributed by atoms with E-state index in [0.717, 1.165) is 5.56 Å². The molecule has 0 spiro atoms. The number of hydrogen-bond donors (Lipinski definition) is 1. The first kappa shape index (κ1) is 17.9. The molecule has 4 nitrogen and oxygen atoms in total. The lowest BCUT2D eigenvalue weighted by Crippen LogP contribution is -2.23. The number of pyridine rings is 1. The van der Waals surface area contributed by atoms with E-state index in [0.29, 0.717) is 28.6 Å². The maximum atomic E-state index is 14.0. The summed E-state index contributed by atoms with van der Waals surface area (Å²) < 4.78 is 19.0. The summed E-state index contributed by atoms with van der Waals surface area (Å²) in [6, 6.07) is 16.8. The number of carbonyl (C=O) groups excluding carboxylic acids is 1. The second kappa shape index (κ2) is 7.97. The number of carbonyl (C=O) groups is 1. The molecule has 0 bridgehead atoms. The number of amides is 1. The number of hydrogen-bond acceptors (Lipinski definition) is 3. The molecule has 0 fully saturated rings. The number of benzene rings is 2. The quantitative estimate of drug-likeness (QED) is 0.720. The Morgan fingerprint density at radius 3 is 2.54 bits per heavy atom. The topological polar surface area (TPSA) is 51.2 Å². The van der Waals surface area contributed by atoms with Crippen molar-refractivity contribution in [1.29, 1.82) is 0 Å². The molecule has 132 valence electrons. The van der Waals surface area contributed by atoms with Crippen molar-refractivity contribution in [2.24, 2.45) is 0 Å². The average molecular weight is 371 g/mol. The van der Waals surface area contributed by atoms with Crippen LogP contribution in [0.1, 0.15) is 15.9 Å². The number of nitrogens with zero attached hydrogens (tertiary/aromatic N) is 1. The molecule has 0 atom stereocenters. The molecule has 0 saturated carbocycles. The Balaban J connectivity index is 1.70. The van der Waals surface area contributed by atoms with Crippen LogP contribution in [0.2, 0.25) is 5.02 Å². The molecule has 0 saturated heterocycles. The van der Waals surface area contributed by atoms with Gasteiger partial charge in [-0.25, -0.2) is 9.37 Å². The Morgan fingerprint density at radius 1 is 1.12 bits per heavy atom. The van der Waals surface area contributed by atoms with Gasteiger partial charge in [0.05, 0.1) is 17.7 Å². The van der Waals surface area contributed by atoms with Crippen molar-refractivity contribution in [3.63, 3.8) is 0 Å². The largest absolute Gasteiger partial charge is 0.481 e. The molecular formula is C20H16ClFN2O2. The zero-order valence-corrected chi connectivity index (χ0v) is 14.8. The maximum Gasteiger partial charge on any atom is 0.253 e. The number of rotatable bonds is 5. The Labute approximate surface area is 155 Å². The van der Waals surface area contributed by atoms with Crippen LogP contribution in [-0.2, 0) is 6.54 Å². The van der Waals surface area contributed by atoms with Gasteiger partial charge < -0.3 is 10.1 Å². The van der Waals surface area contributed by atoms with Gasteiger partial charge in [-0.05, 0) is 23.8 Å². The van der Waals surface area contributed by atoms with Gasteiger partial charge in [-0.3, -0.25) is 4.79 Å². The molecule has 1 N–H and O–H groups in total. The highest BCUT2D eigenvalue weighted by Gasteiger charge is 2.11. The third kappa shape index (κ3) is 4.00. The Hall–Kier alpha value is -2.92. The third-order valence-corrected chi connectivity index (χ3v) is 4.16. The summed E-state index contributed by atoms with van der Waals surface area (Å²) in [5.74, 6) is -0.330. The van der Waals surface area contributed by atoms with E-state index in [9.17, 15) is 9.18 Å². The molecule has 0 radical (unpaired) electrons. The van der Waals surface area contributed by atoms with E-state index in [-0.39, 0.29) is 11.6 Å². The third-order valence-electron chi connectivity index (χ3n) is 3.83. The molecule has 26 heavy (non-hydrogen) atoms. The Morgan fingerprint density at radius 2 is 1.85 bits per heavy atom. The summed E-state index contributed by atoms with van der Waals surface area (Å²) in [4.78, 5) is 16.3. The van der Waals surface area contributed by atoms with Gasteiger partial charge in [0.15, 0.2) is 0 Å². The van der Waals surface area contributed by atoms with Crippen molar-refractivity contribution < 1.29 is 13.9 Å². The van der Waals surface area contributed by atoms with E-state index in [4.69, 9.17) is 16.3 Å². The summed E-state index contributed by atoms with van der Waals surface area (Å²) in [5, 5.41) is 3.21. The summed E-state index contributed by atoms with van der Waals surface area (Å²) in [6.07, 6.45) is 0. The van der Waals surface area contributed by atoms with E-state index >= 15 is 0 Å². The van der Waals surface area contributed by atoms with E-state index in [1.807, 2.05) is 12.1 Å². The van der Waals surface area contributed by atoms with E-state index in [2.05, 4.69) is 10.3 Å². The van der Waals surface area contributed by atoms with Crippen molar-refractivity contribution in [2.45, 2.75) is 6.54 Å². The second-order valence-electron chi connectivity index (χ2n) is 5.54. The van der Waals surface area contributed by atoms with Crippen LogP contribution < -0.4 is 10.1 Å². The van der Waals surface area contributed by atoms with Crippen LogP contribution >= 0.6 is 11.6 Å². The molecular weight excluding hydrogens is 355 g/mol. The smallest absolute Gasteiger partial charge is 0.253 e. The summed E-state index contributed by atoms with van der Waals surface area (Å²) >= 11 is 6.02. The fourth-order valence-electron chi connectivity index (χ4n) is 2.44. The summed E-state index contributed by atoms with van der Waals surface area (Å²) in [7, 11) is 1.48. The van der Waals surface area contributed by atoms with Crippen LogP contribution in [0.4, 0.5) is 4.39 Å². The number of methoxy groups -OCH3 is 1. The van der Waals surface area contributed by atoms with Crippen LogP contribution in [0, 0.1) is 5.82 Å². The summed E-state index contributed by atoms with van der Waals surface area (Å²) in [6.45, 7) is 0.332. The van der Waals surface area contributed by atoms with Crippen LogP contribution in [-0.4, -0.2) is 18.0 Å². The lowest BCUT2D eigenvalue weighted by atomic mass is 10.1. The van der Waals surface area contributed by atoms with Gasteiger partial charge in [0, 0.05) is 18.2 Å². The van der Waals surface area contributed by atoms with Gasteiger partial charge in [-0.2, -0.15) is 0 Å². The van der Waals surface area contributed by atoms with Gasteiger partial charge in [0.2, 0.25) is 5.88 Å². The number of nitrogens with one attached hydrogen (secondary N) is 1. The zero-order valence-electron chi connectivity index (χ0n) is 14.0. The SMILES string of the molecule is COc1ccc(F)c(-c2ccc(CNC(=O)c3ccccc3Cl)cc2)n1. The Bertz CT molecular complexity index is 929. The van der Waals surface area contributed by atoms with Crippen molar-refractivity contribution in [3.8, 4) is 17.1 Å². The number of ether oxygens (including phenoxy) is 1. The van der Waals surface area contributed by atoms with E-state index in [1.165, 1.54) is 19.2 Å². The first-order valence-electron chi connectivity index (χ1n) is 7.91. The van der Waals surface area contributed by atoms with Crippen molar-refractivity contribution in [3.05, 3.63) is 82.6 Å². The molecule has 3 rings (SSSR count). The first-order chi connectivity index (χ1) is 12.6. The van der Waals surface area contributed by atoms with Crippen LogP contribution in [0.3, 0.4) is 0 Å². The van der Waals surface area contributed by atoms with Gasteiger partial charge in [-0.15, -0.1) is 0 Å². The highest BCUT2D eigenvalue weighted by atomic mass is 35.5. The fourth-order valence-corrected chi connectivity index (χ4v) is 2.67. The second-order valence-corrected chi connectivity index (χ2v) is 5.95. The minimum atomic E-state index is -0.425. The van der Waals surface area contributed by atoms with Crippen LogP contribution in [0.5, 0.6) is 5.88 Å². The monoisotopic (exact) mass is 370 g/mol. The van der Waals surface area contributed by atoms with Crippen LogP contribution in [0.15, 0.2) is 60.7 Å². The van der Waals surface area contributed by atoms with Gasteiger partial charge in [0.25, 0.3) is 5.91 Å². The number of halogens is 2. The molecule has 0 aliphatic rings. The molecule has 3 aromatic rings. The van der Waals surface area contributed by atoms with Gasteiger partial charge in [0.1, 0.15) is 11.5 Å². The number of aromatic nitrogens is 1. The zero-order chi connectivity index (χ0) is 18.5. The molecule has 1 aromatic heterocycles. The highest BCUT2D eigenvalue weighted by molar-refractivity contribution is 6.33.